The van der Waals surface area contributed by atoms with Gasteiger partial charge < -0.3 is 11.1 Å². The van der Waals surface area contributed by atoms with E-state index in [-0.39, 0.29) is 12.5 Å². The first-order valence-electron chi connectivity index (χ1n) is 5.05. The van der Waals surface area contributed by atoms with Gasteiger partial charge in [0, 0.05) is 12.7 Å². The second kappa shape index (κ2) is 4.18. The fraction of sp³-hybridized carbons (Fsp3) is 0.300. The third kappa shape index (κ3) is 1.81. The van der Waals surface area contributed by atoms with E-state index in [4.69, 9.17) is 5.73 Å². The molecule has 0 aliphatic heterocycles. The van der Waals surface area contributed by atoms with Gasteiger partial charge in [-0.2, -0.15) is 0 Å². The highest BCUT2D eigenvalue weighted by Crippen LogP contribution is 2.14. The molecule has 0 radical (unpaired) electrons. The van der Waals surface area contributed by atoms with Crippen LogP contribution in [0, 0.1) is 0 Å². The molecule has 0 aliphatic carbocycles. The molecule has 0 spiro atoms. The van der Waals surface area contributed by atoms with E-state index in [1.54, 1.807) is 16.8 Å². The molecule has 0 aromatic carbocycles. The van der Waals surface area contributed by atoms with Gasteiger partial charge in [-0.25, -0.2) is 9.97 Å². The number of nitrogens with zero attached hydrogens (tertiary/aromatic N) is 3. The molecule has 2 aromatic heterocycles. The van der Waals surface area contributed by atoms with Gasteiger partial charge in [-0.15, -0.1) is 0 Å². The minimum atomic E-state index is -0.0980. The molecule has 2 aromatic rings. The standard InChI is InChI=1S/C10H13N5O/c1-2-12-8(16)6-15-9-7(14-10(15)11)4-3-5-13-9/h3-5H,2,6H2,1H3,(H2,11,14)(H,12,16). The summed E-state index contributed by atoms with van der Waals surface area (Å²) in [4.78, 5) is 19.7. The van der Waals surface area contributed by atoms with Crippen LogP contribution in [0.3, 0.4) is 0 Å². The van der Waals surface area contributed by atoms with Gasteiger partial charge >= 0.3 is 0 Å². The third-order valence-corrected chi connectivity index (χ3v) is 2.21. The molecular formula is C10H13N5O. The quantitative estimate of drug-likeness (QED) is 0.769. The predicted molar refractivity (Wildman–Crippen MR) is 60.6 cm³/mol. The Kier molecular flexibility index (Phi) is 2.72. The molecule has 0 saturated heterocycles. The number of pyridine rings is 1. The molecule has 1 amide bonds. The number of carbonyl (C=O) groups is 1. The van der Waals surface area contributed by atoms with Crippen LogP contribution in [0.15, 0.2) is 18.3 Å². The first kappa shape index (κ1) is 10.4. The molecule has 0 atom stereocenters. The van der Waals surface area contributed by atoms with E-state index < -0.39 is 0 Å². The lowest BCUT2D eigenvalue weighted by molar-refractivity contribution is -0.121. The maximum Gasteiger partial charge on any atom is 0.240 e. The summed E-state index contributed by atoms with van der Waals surface area (Å²) in [5, 5.41) is 2.70. The lowest BCUT2D eigenvalue weighted by atomic mass is 10.4. The van der Waals surface area contributed by atoms with Crippen LogP contribution < -0.4 is 11.1 Å². The summed E-state index contributed by atoms with van der Waals surface area (Å²) in [6.07, 6.45) is 1.65. The molecule has 2 heterocycles. The van der Waals surface area contributed by atoms with Crippen molar-refractivity contribution in [3.63, 3.8) is 0 Å². The van der Waals surface area contributed by atoms with E-state index in [1.165, 1.54) is 0 Å². The summed E-state index contributed by atoms with van der Waals surface area (Å²) in [5.41, 5.74) is 7.06. The lowest BCUT2D eigenvalue weighted by Gasteiger charge is -2.05. The number of amides is 1. The largest absolute Gasteiger partial charge is 0.369 e. The van der Waals surface area contributed by atoms with Crippen LogP contribution in [-0.2, 0) is 11.3 Å². The lowest BCUT2D eigenvalue weighted by Crippen LogP contribution is -2.27. The van der Waals surface area contributed by atoms with Gasteiger partial charge in [0.05, 0.1) is 0 Å². The number of likely N-dealkylation sites (N-methyl/N-ethyl adjacent to an activating group) is 1. The first-order chi connectivity index (χ1) is 7.72. The molecule has 0 saturated carbocycles. The fourth-order valence-electron chi connectivity index (χ4n) is 1.53. The Morgan fingerprint density at radius 3 is 3.19 bits per heavy atom. The summed E-state index contributed by atoms with van der Waals surface area (Å²) in [5.74, 6) is 0.208. The summed E-state index contributed by atoms with van der Waals surface area (Å²) >= 11 is 0. The van der Waals surface area contributed by atoms with Gasteiger partial charge in [0.1, 0.15) is 12.1 Å². The molecule has 0 fully saturated rings. The number of rotatable bonds is 3. The topological polar surface area (TPSA) is 85.8 Å². The summed E-state index contributed by atoms with van der Waals surface area (Å²) in [6.45, 7) is 2.61. The molecule has 84 valence electrons. The van der Waals surface area contributed by atoms with Crippen LogP contribution in [0.1, 0.15) is 6.92 Å². The molecule has 2 rings (SSSR count). The molecule has 0 aliphatic rings. The normalized spacial score (nSPS) is 10.6. The number of fused-ring (bicyclic) bond motifs is 1. The number of nitrogen functional groups attached to an aromatic ring is 1. The van der Waals surface area contributed by atoms with Gasteiger partial charge in [0.15, 0.2) is 5.65 Å². The zero-order chi connectivity index (χ0) is 11.5. The molecule has 0 unspecified atom stereocenters. The molecular weight excluding hydrogens is 206 g/mol. The second-order valence-electron chi connectivity index (χ2n) is 3.36. The minimum Gasteiger partial charge on any atom is -0.369 e. The number of hydrogen-bond acceptors (Lipinski definition) is 4. The molecule has 3 N–H and O–H groups in total. The number of nitrogens with one attached hydrogen (secondary N) is 1. The van der Waals surface area contributed by atoms with Crippen LogP contribution in [0.25, 0.3) is 11.2 Å². The summed E-state index contributed by atoms with van der Waals surface area (Å²) < 4.78 is 1.60. The van der Waals surface area contributed by atoms with E-state index >= 15 is 0 Å². The molecule has 6 heteroatoms. The summed E-state index contributed by atoms with van der Waals surface area (Å²) in [6, 6.07) is 3.60. The number of aromatic nitrogens is 3. The average molecular weight is 219 g/mol. The van der Waals surface area contributed by atoms with Crippen molar-refractivity contribution in [2.24, 2.45) is 0 Å². The van der Waals surface area contributed by atoms with Crippen LogP contribution in [0.2, 0.25) is 0 Å². The maximum absolute atomic E-state index is 11.5. The van der Waals surface area contributed by atoms with Crippen LogP contribution >= 0.6 is 0 Å². The Labute approximate surface area is 92.5 Å². The van der Waals surface area contributed by atoms with E-state index in [0.29, 0.717) is 23.7 Å². The maximum atomic E-state index is 11.5. The van der Waals surface area contributed by atoms with Crippen molar-refractivity contribution in [2.75, 3.05) is 12.3 Å². The number of nitrogens with two attached hydrogens (primary N) is 1. The van der Waals surface area contributed by atoms with Crippen molar-refractivity contribution in [2.45, 2.75) is 13.5 Å². The van der Waals surface area contributed by atoms with Crippen molar-refractivity contribution in [3.05, 3.63) is 18.3 Å². The van der Waals surface area contributed by atoms with Gasteiger partial charge in [-0.05, 0) is 19.1 Å². The van der Waals surface area contributed by atoms with Gasteiger partial charge in [0.25, 0.3) is 0 Å². The van der Waals surface area contributed by atoms with Crippen LogP contribution in [0.5, 0.6) is 0 Å². The van der Waals surface area contributed by atoms with Gasteiger partial charge in [-0.1, -0.05) is 0 Å². The second-order valence-corrected chi connectivity index (χ2v) is 3.36. The molecule has 16 heavy (non-hydrogen) atoms. The van der Waals surface area contributed by atoms with Crippen molar-refractivity contribution >= 4 is 23.0 Å². The minimum absolute atomic E-state index is 0.0980. The van der Waals surface area contributed by atoms with E-state index in [2.05, 4.69) is 15.3 Å². The summed E-state index contributed by atoms with van der Waals surface area (Å²) in [7, 11) is 0. The highest BCUT2D eigenvalue weighted by molar-refractivity contribution is 5.80. The van der Waals surface area contributed by atoms with Crippen LogP contribution in [0.4, 0.5) is 5.95 Å². The van der Waals surface area contributed by atoms with Gasteiger partial charge in [0.2, 0.25) is 11.9 Å². The van der Waals surface area contributed by atoms with Crippen LogP contribution in [-0.4, -0.2) is 27.0 Å². The third-order valence-electron chi connectivity index (χ3n) is 2.21. The predicted octanol–water partition coefficient (Wildman–Crippen LogP) is 0.150. The SMILES string of the molecule is CCNC(=O)Cn1c(N)nc2cccnc21. The van der Waals surface area contributed by atoms with E-state index in [0.717, 1.165) is 0 Å². The zero-order valence-corrected chi connectivity index (χ0v) is 8.97. The first-order valence-corrected chi connectivity index (χ1v) is 5.05. The number of carbonyl (C=O) groups excluding carboxylic acids is 1. The monoisotopic (exact) mass is 219 g/mol. The van der Waals surface area contributed by atoms with Crippen molar-refractivity contribution < 1.29 is 4.79 Å². The number of hydrogen-bond donors (Lipinski definition) is 2. The molecule has 0 bridgehead atoms. The fourth-order valence-corrected chi connectivity index (χ4v) is 1.53. The van der Waals surface area contributed by atoms with E-state index in [9.17, 15) is 4.79 Å². The Balaban J connectivity index is 2.36. The van der Waals surface area contributed by atoms with Crippen molar-refractivity contribution in [1.82, 2.24) is 19.9 Å². The van der Waals surface area contributed by atoms with Gasteiger partial charge in [-0.3, -0.25) is 9.36 Å². The number of imidazole rings is 1. The zero-order valence-electron chi connectivity index (χ0n) is 8.97. The highest BCUT2D eigenvalue weighted by Gasteiger charge is 2.11. The smallest absolute Gasteiger partial charge is 0.240 e. The van der Waals surface area contributed by atoms with E-state index in [1.807, 2.05) is 13.0 Å². The Hall–Kier alpha value is -2.11. The Bertz CT molecular complexity index is 519. The highest BCUT2D eigenvalue weighted by atomic mass is 16.1. The van der Waals surface area contributed by atoms with Crippen molar-refractivity contribution in [3.8, 4) is 0 Å². The molecule has 6 nitrogen and oxygen atoms in total. The number of anilines is 1. The Morgan fingerprint density at radius 1 is 1.62 bits per heavy atom. The average Bonchev–Trinajstić information content (AvgIpc) is 2.56. The Morgan fingerprint density at radius 2 is 2.44 bits per heavy atom. The van der Waals surface area contributed by atoms with Crippen molar-refractivity contribution in [1.29, 1.82) is 0 Å².